The fourth-order valence-corrected chi connectivity index (χ4v) is 4.27. The molecule has 3 aromatic carbocycles. The number of imidazole rings is 1. The third kappa shape index (κ3) is 5.60. The summed E-state index contributed by atoms with van der Waals surface area (Å²) in [6.07, 6.45) is 0.614. The molecule has 1 amide bonds. The monoisotopic (exact) mass is 475 g/mol. The average Bonchev–Trinajstić information content (AvgIpc) is 3.16. The van der Waals surface area contributed by atoms with E-state index in [2.05, 4.69) is 54.9 Å². The topological polar surface area (TPSA) is 56.1 Å². The lowest BCUT2D eigenvalue weighted by Crippen LogP contribution is -2.26. The highest BCUT2D eigenvalue weighted by Crippen LogP contribution is 2.27. The van der Waals surface area contributed by atoms with Crippen molar-refractivity contribution in [3.63, 3.8) is 0 Å². The molecule has 0 atom stereocenters. The highest BCUT2D eigenvalue weighted by Gasteiger charge is 2.13. The van der Waals surface area contributed by atoms with E-state index in [0.29, 0.717) is 42.6 Å². The molecule has 0 saturated heterocycles. The molecular formula is C28H30ClN3O2. The molecule has 6 heteroatoms. The van der Waals surface area contributed by atoms with Crippen LogP contribution in [0.3, 0.4) is 0 Å². The van der Waals surface area contributed by atoms with E-state index in [9.17, 15) is 4.79 Å². The summed E-state index contributed by atoms with van der Waals surface area (Å²) in [4.78, 5) is 17.3. The van der Waals surface area contributed by atoms with Crippen molar-refractivity contribution in [2.45, 2.75) is 39.7 Å². The molecule has 0 aliphatic rings. The predicted molar refractivity (Wildman–Crippen MR) is 138 cm³/mol. The molecule has 5 nitrogen and oxygen atoms in total. The molecule has 0 fully saturated rings. The highest BCUT2D eigenvalue weighted by molar-refractivity contribution is 6.30. The van der Waals surface area contributed by atoms with Crippen LogP contribution in [0.4, 0.5) is 0 Å². The number of para-hydroxylation sites is 2. The summed E-state index contributed by atoms with van der Waals surface area (Å²) in [7, 11) is 0. The SMILES string of the molecule is Cc1ccc(C(C)C)c(OCCn2c(CCNC(=O)c3cccc(Cl)c3)nc3ccccc32)c1. The Morgan fingerprint density at radius 3 is 2.71 bits per heavy atom. The Kier molecular flexibility index (Phi) is 7.53. The number of nitrogens with zero attached hydrogens (tertiary/aromatic N) is 2. The molecule has 176 valence electrons. The number of nitrogens with one attached hydrogen (secondary N) is 1. The van der Waals surface area contributed by atoms with Crippen molar-refractivity contribution in [1.29, 1.82) is 0 Å². The van der Waals surface area contributed by atoms with Gasteiger partial charge >= 0.3 is 0 Å². The van der Waals surface area contributed by atoms with Gasteiger partial charge in [-0.1, -0.05) is 55.8 Å². The van der Waals surface area contributed by atoms with E-state index in [-0.39, 0.29) is 5.91 Å². The van der Waals surface area contributed by atoms with Crippen LogP contribution in [0.5, 0.6) is 5.75 Å². The van der Waals surface area contributed by atoms with Crippen LogP contribution in [0.25, 0.3) is 11.0 Å². The molecule has 0 radical (unpaired) electrons. The second kappa shape index (κ2) is 10.7. The number of rotatable bonds is 9. The number of halogens is 1. The van der Waals surface area contributed by atoms with Crippen molar-refractivity contribution >= 4 is 28.5 Å². The number of ether oxygens (including phenoxy) is 1. The van der Waals surface area contributed by atoms with Crippen molar-refractivity contribution in [2.24, 2.45) is 0 Å². The van der Waals surface area contributed by atoms with E-state index in [1.54, 1.807) is 24.3 Å². The molecular weight excluding hydrogens is 446 g/mol. The van der Waals surface area contributed by atoms with Gasteiger partial charge in [-0.2, -0.15) is 0 Å². The van der Waals surface area contributed by atoms with Crippen molar-refractivity contribution < 1.29 is 9.53 Å². The molecule has 0 bridgehead atoms. The van der Waals surface area contributed by atoms with E-state index < -0.39 is 0 Å². The summed E-state index contributed by atoms with van der Waals surface area (Å²) in [6.45, 7) is 8.11. The van der Waals surface area contributed by atoms with Gasteiger partial charge in [-0.25, -0.2) is 4.98 Å². The van der Waals surface area contributed by atoms with E-state index in [1.165, 1.54) is 11.1 Å². The lowest BCUT2D eigenvalue weighted by molar-refractivity contribution is 0.0954. The minimum atomic E-state index is -0.144. The van der Waals surface area contributed by atoms with E-state index in [4.69, 9.17) is 21.3 Å². The van der Waals surface area contributed by atoms with Gasteiger partial charge in [-0.3, -0.25) is 4.79 Å². The van der Waals surface area contributed by atoms with Crippen LogP contribution in [-0.4, -0.2) is 28.6 Å². The molecule has 4 aromatic rings. The van der Waals surface area contributed by atoms with Crippen molar-refractivity contribution in [1.82, 2.24) is 14.9 Å². The molecule has 1 heterocycles. The Bertz CT molecular complexity index is 1300. The van der Waals surface area contributed by atoms with Gasteiger partial charge in [0.1, 0.15) is 18.2 Å². The van der Waals surface area contributed by atoms with Gasteiger partial charge < -0.3 is 14.6 Å². The van der Waals surface area contributed by atoms with Gasteiger partial charge in [0, 0.05) is 23.6 Å². The summed E-state index contributed by atoms with van der Waals surface area (Å²) in [5, 5.41) is 3.52. The zero-order chi connectivity index (χ0) is 24.1. The summed E-state index contributed by atoms with van der Waals surface area (Å²) in [5.41, 5.74) is 4.95. The lowest BCUT2D eigenvalue weighted by Gasteiger charge is -2.16. The predicted octanol–water partition coefficient (Wildman–Crippen LogP) is 6.17. The van der Waals surface area contributed by atoms with Crippen LogP contribution >= 0.6 is 11.6 Å². The van der Waals surface area contributed by atoms with Gasteiger partial charge in [-0.05, 0) is 60.4 Å². The number of carbonyl (C=O) groups excluding carboxylic acids is 1. The standard InChI is InChI=1S/C28H30ClN3O2/c1-19(2)23-12-11-20(3)17-26(23)34-16-15-32-25-10-5-4-9-24(25)31-27(32)13-14-30-28(33)21-7-6-8-22(29)18-21/h4-12,17-19H,13-16H2,1-3H3,(H,30,33). The van der Waals surface area contributed by atoms with Crippen LogP contribution in [0.2, 0.25) is 5.02 Å². The molecule has 0 spiro atoms. The molecule has 0 saturated carbocycles. The summed E-state index contributed by atoms with van der Waals surface area (Å²) >= 11 is 6.01. The number of benzene rings is 3. The van der Waals surface area contributed by atoms with Crippen LogP contribution in [0.1, 0.15) is 47.1 Å². The van der Waals surface area contributed by atoms with Gasteiger partial charge in [0.15, 0.2) is 0 Å². The molecule has 1 aromatic heterocycles. The number of aromatic nitrogens is 2. The number of amides is 1. The first-order valence-corrected chi connectivity index (χ1v) is 12.0. The first kappa shape index (κ1) is 23.8. The maximum absolute atomic E-state index is 12.5. The minimum absolute atomic E-state index is 0.144. The van der Waals surface area contributed by atoms with Crippen LogP contribution in [0.15, 0.2) is 66.7 Å². The normalized spacial score (nSPS) is 11.2. The van der Waals surface area contributed by atoms with Gasteiger partial charge in [-0.15, -0.1) is 0 Å². The maximum atomic E-state index is 12.5. The Labute approximate surface area is 205 Å². The second-order valence-corrected chi connectivity index (χ2v) is 9.17. The Balaban J connectivity index is 1.45. The molecule has 0 unspecified atom stereocenters. The van der Waals surface area contributed by atoms with E-state index in [0.717, 1.165) is 22.6 Å². The first-order chi connectivity index (χ1) is 16.4. The van der Waals surface area contributed by atoms with Gasteiger partial charge in [0.25, 0.3) is 5.91 Å². The maximum Gasteiger partial charge on any atom is 0.251 e. The third-order valence-electron chi connectivity index (χ3n) is 5.82. The largest absolute Gasteiger partial charge is 0.491 e. The Hall–Kier alpha value is -3.31. The molecule has 1 N–H and O–H groups in total. The van der Waals surface area contributed by atoms with Crippen LogP contribution in [-0.2, 0) is 13.0 Å². The Morgan fingerprint density at radius 2 is 1.91 bits per heavy atom. The average molecular weight is 476 g/mol. The van der Waals surface area contributed by atoms with E-state index in [1.807, 2.05) is 18.2 Å². The van der Waals surface area contributed by atoms with Crippen molar-refractivity contribution in [3.8, 4) is 5.75 Å². The van der Waals surface area contributed by atoms with Crippen molar-refractivity contribution in [3.05, 3.63) is 94.3 Å². The molecule has 4 rings (SSSR count). The number of aryl methyl sites for hydroxylation is 1. The number of hydrogen-bond acceptors (Lipinski definition) is 3. The van der Waals surface area contributed by atoms with Gasteiger partial charge in [0.2, 0.25) is 0 Å². The minimum Gasteiger partial charge on any atom is -0.491 e. The zero-order valence-corrected chi connectivity index (χ0v) is 20.6. The number of fused-ring (bicyclic) bond motifs is 1. The number of carbonyl (C=O) groups is 1. The fourth-order valence-electron chi connectivity index (χ4n) is 4.08. The molecule has 34 heavy (non-hydrogen) atoms. The summed E-state index contributed by atoms with van der Waals surface area (Å²) in [5.74, 6) is 2.11. The smallest absolute Gasteiger partial charge is 0.251 e. The third-order valence-corrected chi connectivity index (χ3v) is 6.05. The van der Waals surface area contributed by atoms with Crippen LogP contribution in [0, 0.1) is 6.92 Å². The molecule has 0 aliphatic carbocycles. The van der Waals surface area contributed by atoms with Crippen molar-refractivity contribution in [2.75, 3.05) is 13.2 Å². The van der Waals surface area contributed by atoms with Gasteiger partial charge in [0.05, 0.1) is 17.6 Å². The quantitative estimate of drug-likeness (QED) is 0.315. The Morgan fingerprint density at radius 1 is 1.09 bits per heavy atom. The molecule has 0 aliphatic heterocycles. The van der Waals surface area contributed by atoms with Crippen LogP contribution < -0.4 is 10.1 Å². The first-order valence-electron chi connectivity index (χ1n) is 11.6. The zero-order valence-electron chi connectivity index (χ0n) is 19.8. The second-order valence-electron chi connectivity index (χ2n) is 8.73. The number of hydrogen-bond donors (Lipinski definition) is 1. The van der Waals surface area contributed by atoms with E-state index >= 15 is 0 Å². The fraction of sp³-hybridized carbons (Fsp3) is 0.286. The summed E-state index contributed by atoms with van der Waals surface area (Å²) in [6, 6.07) is 21.4. The highest BCUT2D eigenvalue weighted by atomic mass is 35.5. The lowest BCUT2D eigenvalue weighted by atomic mass is 10.0. The summed E-state index contributed by atoms with van der Waals surface area (Å²) < 4.78 is 8.42.